The largest absolute Gasteiger partial charge is 0.466 e. The molecular weight excluding hydrogens is 371 g/mol. The highest BCUT2D eigenvalue weighted by Gasteiger charge is 2.41. The van der Waals surface area contributed by atoms with E-state index in [1.165, 1.54) is 19.2 Å². The van der Waals surface area contributed by atoms with E-state index >= 15 is 0 Å². The molecule has 0 fully saturated rings. The van der Waals surface area contributed by atoms with Gasteiger partial charge in [0, 0.05) is 5.70 Å². The molecule has 3 rings (SSSR count). The van der Waals surface area contributed by atoms with Crippen LogP contribution in [0, 0.1) is 24.4 Å². The number of carbonyl (C=O) groups is 1. The Labute approximate surface area is 160 Å². The molecule has 1 aromatic carbocycles. The SMILES string of the molecule is COC(=O)C1=C(C)NC(c2ncc(F)cc2C)=NC1(C)c1ccc(F)c(F)c1. The Morgan fingerprint density at radius 2 is 1.86 bits per heavy atom. The maximum absolute atomic E-state index is 13.9. The highest BCUT2D eigenvalue weighted by Crippen LogP contribution is 2.39. The van der Waals surface area contributed by atoms with Crippen LogP contribution in [0.15, 0.2) is 46.7 Å². The second-order valence-electron chi connectivity index (χ2n) is 6.60. The van der Waals surface area contributed by atoms with E-state index in [-0.39, 0.29) is 17.0 Å². The van der Waals surface area contributed by atoms with Crippen molar-refractivity contribution in [1.82, 2.24) is 10.3 Å². The van der Waals surface area contributed by atoms with Crippen LogP contribution in [0.4, 0.5) is 13.2 Å². The van der Waals surface area contributed by atoms with Crippen molar-refractivity contribution in [2.24, 2.45) is 4.99 Å². The van der Waals surface area contributed by atoms with Gasteiger partial charge in [0.15, 0.2) is 17.5 Å². The maximum Gasteiger partial charge on any atom is 0.338 e. The molecule has 0 saturated carbocycles. The van der Waals surface area contributed by atoms with Crippen LogP contribution < -0.4 is 5.32 Å². The zero-order valence-electron chi connectivity index (χ0n) is 15.7. The number of halogens is 3. The summed E-state index contributed by atoms with van der Waals surface area (Å²) in [7, 11) is 1.22. The van der Waals surface area contributed by atoms with Crippen molar-refractivity contribution in [3.8, 4) is 0 Å². The number of nitrogens with zero attached hydrogens (tertiary/aromatic N) is 2. The third kappa shape index (κ3) is 3.26. The standard InChI is InChI=1S/C20H18F3N3O2/c1-10-7-13(21)9-24-17(10)18-25-11(2)16(19(27)28-4)20(3,26-18)12-5-6-14(22)15(23)8-12/h5-9H,1-4H3,(H,25,26). The number of hydrogen-bond acceptors (Lipinski definition) is 5. The van der Waals surface area contributed by atoms with E-state index in [1.54, 1.807) is 20.8 Å². The fraction of sp³-hybridized carbons (Fsp3) is 0.250. The molecule has 1 aliphatic rings. The van der Waals surface area contributed by atoms with Crippen molar-refractivity contribution in [2.75, 3.05) is 7.11 Å². The van der Waals surface area contributed by atoms with E-state index < -0.39 is 29.0 Å². The monoisotopic (exact) mass is 389 g/mol. The average Bonchev–Trinajstić information content (AvgIpc) is 2.63. The van der Waals surface area contributed by atoms with Crippen LogP contribution in [0.1, 0.15) is 30.7 Å². The Kier molecular flexibility index (Phi) is 4.97. The van der Waals surface area contributed by atoms with Gasteiger partial charge in [0.25, 0.3) is 0 Å². The first-order chi connectivity index (χ1) is 13.2. The number of aryl methyl sites for hydroxylation is 1. The molecule has 1 aliphatic heterocycles. The van der Waals surface area contributed by atoms with Crippen molar-refractivity contribution in [1.29, 1.82) is 0 Å². The number of pyridine rings is 1. The third-order valence-electron chi connectivity index (χ3n) is 4.64. The van der Waals surface area contributed by atoms with Crippen molar-refractivity contribution < 1.29 is 22.7 Å². The van der Waals surface area contributed by atoms with E-state index in [1.807, 2.05) is 0 Å². The second-order valence-corrected chi connectivity index (χ2v) is 6.60. The molecule has 1 N–H and O–H groups in total. The molecule has 5 nitrogen and oxygen atoms in total. The highest BCUT2D eigenvalue weighted by molar-refractivity contribution is 6.04. The second kappa shape index (κ2) is 7.10. The van der Waals surface area contributed by atoms with Gasteiger partial charge in [-0.1, -0.05) is 6.07 Å². The molecule has 0 saturated heterocycles. The van der Waals surface area contributed by atoms with Gasteiger partial charge < -0.3 is 10.1 Å². The van der Waals surface area contributed by atoms with Gasteiger partial charge in [-0.3, -0.25) is 0 Å². The van der Waals surface area contributed by atoms with Crippen LogP contribution in [0.2, 0.25) is 0 Å². The predicted octanol–water partition coefficient (Wildman–Crippen LogP) is 3.52. The van der Waals surface area contributed by atoms with Crippen molar-refractivity contribution in [3.63, 3.8) is 0 Å². The summed E-state index contributed by atoms with van der Waals surface area (Å²) in [5, 5.41) is 2.99. The molecule has 0 aliphatic carbocycles. The lowest BCUT2D eigenvalue weighted by Crippen LogP contribution is -2.41. The summed E-state index contributed by atoms with van der Waals surface area (Å²) in [5.41, 5.74) is 0.324. The minimum Gasteiger partial charge on any atom is -0.466 e. The third-order valence-corrected chi connectivity index (χ3v) is 4.64. The summed E-state index contributed by atoms with van der Waals surface area (Å²) in [5.74, 6) is -2.96. The molecule has 1 aromatic heterocycles. The molecule has 2 aromatic rings. The number of aliphatic imine (C=N–C) groups is 1. The van der Waals surface area contributed by atoms with Crippen LogP contribution in [0.5, 0.6) is 0 Å². The van der Waals surface area contributed by atoms with E-state index in [2.05, 4.69) is 15.3 Å². The average molecular weight is 389 g/mol. The van der Waals surface area contributed by atoms with Gasteiger partial charge in [0.2, 0.25) is 0 Å². The number of carbonyl (C=O) groups excluding carboxylic acids is 1. The number of ether oxygens (including phenoxy) is 1. The molecule has 1 unspecified atom stereocenters. The Morgan fingerprint density at radius 1 is 1.14 bits per heavy atom. The summed E-state index contributed by atoms with van der Waals surface area (Å²) in [6.45, 7) is 4.90. The molecule has 1 atom stereocenters. The van der Waals surface area contributed by atoms with Gasteiger partial charge in [0.1, 0.15) is 17.1 Å². The number of nitrogens with one attached hydrogen (secondary N) is 1. The van der Waals surface area contributed by atoms with Gasteiger partial charge in [-0.15, -0.1) is 0 Å². The number of allylic oxidation sites excluding steroid dienone is 1. The van der Waals surface area contributed by atoms with E-state index in [4.69, 9.17) is 4.74 Å². The van der Waals surface area contributed by atoms with Crippen molar-refractivity contribution in [2.45, 2.75) is 26.3 Å². The maximum atomic E-state index is 13.9. The summed E-state index contributed by atoms with van der Waals surface area (Å²) in [6, 6.07) is 4.62. The van der Waals surface area contributed by atoms with E-state index in [0.29, 0.717) is 17.0 Å². The van der Waals surface area contributed by atoms with Crippen LogP contribution >= 0.6 is 0 Å². The molecule has 0 bridgehead atoms. The number of esters is 1. The first-order valence-electron chi connectivity index (χ1n) is 8.42. The van der Waals surface area contributed by atoms with E-state index in [0.717, 1.165) is 18.3 Å². The predicted molar refractivity (Wildman–Crippen MR) is 97.0 cm³/mol. The number of amidine groups is 1. The zero-order valence-corrected chi connectivity index (χ0v) is 15.7. The van der Waals surface area contributed by atoms with Crippen molar-refractivity contribution in [3.05, 3.63) is 76.0 Å². The zero-order chi connectivity index (χ0) is 20.6. The molecular formula is C20H18F3N3O2. The Bertz CT molecular complexity index is 1030. The number of rotatable bonds is 3. The lowest BCUT2D eigenvalue weighted by molar-refractivity contribution is -0.137. The first-order valence-corrected chi connectivity index (χ1v) is 8.42. The molecule has 28 heavy (non-hydrogen) atoms. The van der Waals surface area contributed by atoms with Crippen LogP contribution in [0.25, 0.3) is 0 Å². The molecule has 0 spiro atoms. The molecule has 0 radical (unpaired) electrons. The quantitative estimate of drug-likeness (QED) is 0.816. The minimum atomic E-state index is -1.38. The Morgan fingerprint density at radius 3 is 2.46 bits per heavy atom. The molecule has 0 amide bonds. The van der Waals surface area contributed by atoms with Crippen molar-refractivity contribution >= 4 is 11.8 Å². The fourth-order valence-corrected chi connectivity index (χ4v) is 3.27. The lowest BCUT2D eigenvalue weighted by atomic mass is 9.82. The Hall–Kier alpha value is -3.16. The minimum absolute atomic E-state index is 0.143. The summed E-state index contributed by atoms with van der Waals surface area (Å²) in [4.78, 5) is 21.1. The fourth-order valence-electron chi connectivity index (χ4n) is 3.27. The topological polar surface area (TPSA) is 63.6 Å². The molecule has 2 heterocycles. The van der Waals surface area contributed by atoms with Crippen LogP contribution in [-0.4, -0.2) is 23.9 Å². The van der Waals surface area contributed by atoms with E-state index in [9.17, 15) is 18.0 Å². The normalized spacial score (nSPS) is 19.2. The van der Waals surface area contributed by atoms with Gasteiger partial charge >= 0.3 is 5.97 Å². The number of hydrogen-bond donors (Lipinski definition) is 1. The number of methoxy groups -OCH3 is 1. The molecule has 8 heteroatoms. The smallest absolute Gasteiger partial charge is 0.338 e. The number of benzene rings is 1. The van der Waals surface area contributed by atoms with Crippen LogP contribution in [-0.2, 0) is 15.1 Å². The van der Waals surface area contributed by atoms with Gasteiger partial charge in [-0.05, 0) is 50.1 Å². The van der Waals surface area contributed by atoms with Gasteiger partial charge in [-0.25, -0.2) is 27.9 Å². The van der Waals surface area contributed by atoms with Crippen LogP contribution in [0.3, 0.4) is 0 Å². The Balaban J connectivity index is 2.24. The highest BCUT2D eigenvalue weighted by atomic mass is 19.2. The summed E-state index contributed by atoms with van der Waals surface area (Å²) < 4.78 is 45.7. The molecule has 146 valence electrons. The van der Waals surface area contributed by atoms with Gasteiger partial charge in [-0.2, -0.15) is 0 Å². The summed E-state index contributed by atoms with van der Waals surface area (Å²) in [6.07, 6.45) is 1.05. The number of aromatic nitrogens is 1. The van der Waals surface area contributed by atoms with Gasteiger partial charge in [0.05, 0.1) is 18.9 Å². The lowest BCUT2D eigenvalue weighted by Gasteiger charge is -2.34. The summed E-state index contributed by atoms with van der Waals surface area (Å²) >= 11 is 0. The first kappa shape index (κ1) is 19.6.